The first-order chi connectivity index (χ1) is 13.3. The zero-order valence-corrected chi connectivity index (χ0v) is 19.2. The van der Waals surface area contributed by atoms with Crippen molar-refractivity contribution in [2.24, 2.45) is 4.99 Å². The largest absolute Gasteiger partial charge is 0.444 e. The Morgan fingerprint density at radius 3 is 2.69 bits per heavy atom. The number of aliphatic imine (C=N–C) groups is 1. The second kappa shape index (κ2) is 8.69. The molecule has 0 aromatic heterocycles. The van der Waals surface area contributed by atoms with Gasteiger partial charge in [-0.1, -0.05) is 15.9 Å². The Morgan fingerprint density at radius 2 is 2.10 bits per heavy atom. The van der Waals surface area contributed by atoms with Crippen molar-refractivity contribution in [2.45, 2.75) is 56.9 Å². The van der Waals surface area contributed by atoms with Gasteiger partial charge in [-0.2, -0.15) is 0 Å². The third-order valence-electron chi connectivity index (χ3n) is 4.51. The van der Waals surface area contributed by atoms with E-state index in [2.05, 4.69) is 26.2 Å². The third-order valence-corrected chi connectivity index (χ3v) is 7.24. The van der Waals surface area contributed by atoms with Crippen molar-refractivity contribution < 1.29 is 27.4 Å². The molecule has 2 atom stereocenters. The summed E-state index contributed by atoms with van der Waals surface area (Å²) in [6.45, 7) is 6.36. The number of amides is 1. The summed E-state index contributed by atoms with van der Waals surface area (Å²) in [4.78, 5) is 16.6. The minimum atomic E-state index is -3.81. The quantitative estimate of drug-likeness (QED) is 0.670. The number of aliphatic hydroxyl groups excluding tert-OH is 1. The van der Waals surface area contributed by atoms with Crippen LogP contribution in [0.1, 0.15) is 46.1 Å². The van der Waals surface area contributed by atoms with E-state index in [-0.39, 0.29) is 30.8 Å². The van der Waals surface area contributed by atoms with Crippen LogP contribution in [0.15, 0.2) is 27.7 Å². The van der Waals surface area contributed by atoms with Gasteiger partial charge in [-0.3, -0.25) is 10.3 Å². The van der Waals surface area contributed by atoms with Crippen molar-refractivity contribution in [2.75, 3.05) is 12.4 Å². The zero-order chi connectivity index (χ0) is 22.0. The van der Waals surface area contributed by atoms with Gasteiger partial charge in [-0.25, -0.2) is 17.6 Å². The molecule has 0 radical (unpaired) electrons. The lowest BCUT2D eigenvalue weighted by atomic mass is 9.86. The number of alkyl carbamates (subject to hydrolysis) is 1. The summed E-state index contributed by atoms with van der Waals surface area (Å²) in [5.41, 5.74) is -2.19. The summed E-state index contributed by atoms with van der Waals surface area (Å²) in [6.07, 6.45) is -0.512. The van der Waals surface area contributed by atoms with Crippen molar-refractivity contribution in [3.05, 3.63) is 34.1 Å². The molecule has 2 N–H and O–H groups in total. The van der Waals surface area contributed by atoms with Gasteiger partial charge in [0.25, 0.3) is 0 Å². The molecule has 29 heavy (non-hydrogen) atoms. The number of sulfone groups is 1. The van der Waals surface area contributed by atoms with Crippen molar-refractivity contribution in [1.29, 1.82) is 0 Å². The highest BCUT2D eigenvalue weighted by molar-refractivity contribution is 9.10. The Labute approximate surface area is 178 Å². The molecule has 0 fully saturated rings. The van der Waals surface area contributed by atoms with E-state index < -0.39 is 43.9 Å². The molecule has 1 heterocycles. The lowest BCUT2D eigenvalue weighted by Gasteiger charge is -2.39. The molecule has 0 unspecified atom stereocenters. The molecule has 1 aliphatic rings. The van der Waals surface area contributed by atoms with E-state index in [0.717, 1.165) is 0 Å². The molecule has 0 aliphatic carbocycles. The summed E-state index contributed by atoms with van der Waals surface area (Å²) in [7, 11) is -3.81. The lowest BCUT2D eigenvalue weighted by molar-refractivity contribution is 0.0562. The van der Waals surface area contributed by atoms with E-state index in [4.69, 9.17) is 4.74 Å². The SMILES string of the molecule is CC(C)(C)OC(=O)NC1=N[C@](C)(c2cc(Br)ccc2F)[C@@H](CCCO)S(=O)(=O)C1. The molecule has 0 spiro atoms. The van der Waals surface area contributed by atoms with Crippen LogP contribution in [0.2, 0.25) is 0 Å². The van der Waals surface area contributed by atoms with Crippen LogP contribution < -0.4 is 5.32 Å². The van der Waals surface area contributed by atoms with Crippen molar-refractivity contribution in [3.63, 3.8) is 0 Å². The van der Waals surface area contributed by atoms with E-state index >= 15 is 0 Å². The number of benzene rings is 1. The zero-order valence-electron chi connectivity index (χ0n) is 16.8. The minimum Gasteiger partial charge on any atom is -0.444 e. The Hall–Kier alpha value is -1.52. The Balaban J connectivity index is 2.56. The van der Waals surface area contributed by atoms with Gasteiger partial charge in [-0.05, 0) is 58.7 Å². The third kappa shape index (κ3) is 5.76. The molecule has 0 saturated carbocycles. The molecule has 0 bridgehead atoms. The second-order valence-corrected chi connectivity index (χ2v) is 11.2. The second-order valence-electron chi connectivity index (χ2n) is 8.12. The molecule has 10 heteroatoms. The maximum Gasteiger partial charge on any atom is 0.413 e. The predicted octanol–water partition coefficient (Wildman–Crippen LogP) is 3.30. The van der Waals surface area contributed by atoms with Gasteiger partial charge >= 0.3 is 6.09 Å². The highest BCUT2D eigenvalue weighted by atomic mass is 79.9. The number of nitrogens with one attached hydrogen (secondary N) is 1. The van der Waals surface area contributed by atoms with Crippen LogP contribution in [0.3, 0.4) is 0 Å². The van der Waals surface area contributed by atoms with Gasteiger partial charge in [0, 0.05) is 16.6 Å². The number of hydrogen-bond acceptors (Lipinski definition) is 6. The van der Waals surface area contributed by atoms with Crippen molar-refractivity contribution in [1.82, 2.24) is 5.32 Å². The van der Waals surface area contributed by atoms with E-state index in [1.54, 1.807) is 20.8 Å². The van der Waals surface area contributed by atoms with E-state index in [1.165, 1.54) is 25.1 Å². The van der Waals surface area contributed by atoms with Crippen molar-refractivity contribution >= 4 is 37.7 Å². The Kier molecular flexibility index (Phi) is 7.12. The van der Waals surface area contributed by atoms with E-state index in [0.29, 0.717) is 4.47 Å². The summed E-state index contributed by atoms with van der Waals surface area (Å²) in [5.74, 6) is -1.23. The number of halogens is 2. The van der Waals surface area contributed by atoms with Gasteiger partial charge in [0.2, 0.25) is 0 Å². The fraction of sp³-hybridized carbons (Fsp3) is 0.579. The minimum absolute atomic E-state index is 0.0848. The van der Waals surface area contributed by atoms with Crippen LogP contribution in [0.5, 0.6) is 0 Å². The average Bonchev–Trinajstić information content (AvgIpc) is 2.53. The average molecular weight is 493 g/mol. The maximum atomic E-state index is 14.7. The standard InChI is InChI=1S/C19H26BrFN2O5S/c1-18(2,3)28-17(25)22-16-11-29(26,27)15(6-5-9-24)19(4,23-16)13-10-12(20)7-8-14(13)21/h7-8,10,15,24H,5-6,9,11H2,1-4H3,(H,22,23,25)/t15-,19-/m1/s1. The first-order valence-corrected chi connectivity index (χ1v) is 11.7. The normalized spacial score (nSPS) is 24.0. The fourth-order valence-corrected chi connectivity index (χ4v) is 5.85. The van der Waals surface area contributed by atoms with Gasteiger partial charge < -0.3 is 9.84 Å². The Bertz CT molecular complexity index is 914. The molecule has 1 aromatic carbocycles. The number of hydrogen-bond donors (Lipinski definition) is 2. The van der Waals surface area contributed by atoms with Crippen LogP contribution in [-0.2, 0) is 20.1 Å². The van der Waals surface area contributed by atoms with Gasteiger partial charge in [0.1, 0.15) is 28.5 Å². The number of carbonyl (C=O) groups excluding carboxylic acids is 1. The highest BCUT2D eigenvalue weighted by Gasteiger charge is 2.49. The number of aliphatic hydroxyl groups is 1. The molecule has 1 aliphatic heterocycles. The van der Waals surface area contributed by atoms with E-state index in [9.17, 15) is 22.7 Å². The fourth-order valence-electron chi connectivity index (χ4n) is 3.37. The molecular weight excluding hydrogens is 467 g/mol. The first-order valence-electron chi connectivity index (χ1n) is 9.15. The molecule has 162 valence electrons. The topological polar surface area (TPSA) is 105 Å². The van der Waals surface area contributed by atoms with Crippen molar-refractivity contribution in [3.8, 4) is 0 Å². The number of ether oxygens (including phenoxy) is 1. The van der Waals surface area contributed by atoms with Gasteiger partial charge in [0.05, 0.1) is 5.25 Å². The number of nitrogens with zero attached hydrogens (tertiary/aromatic N) is 1. The number of amidine groups is 1. The molecule has 7 nitrogen and oxygen atoms in total. The smallest absolute Gasteiger partial charge is 0.413 e. The van der Waals surface area contributed by atoms with E-state index in [1.807, 2.05) is 0 Å². The van der Waals surface area contributed by atoms with Crippen LogP contribution >= 0.6 is 15.9 Å². The predicted molar refractivity (Wildman–Crippen MR) is 112 cm³/mol. The van der Waals surface area contributed by atoms with Crippen LogP contribution in [0, 0.1) is 5.82 Å². The molecule has 1 aromatic rings. The highest BCUT2D eigenvalue weighted by Crippen LogP contribution is 2.41. The van der Waals surface area contributed by atoms with Crippen LogP contribution in [0.4, 0.5) is 9.18 Å². The Morgan fingerprint density at radius 1 is 1.45 bits per heavy atom. The first kappa shape index (κ1) is 23.8. The molecule has 0 saturated heterocycles. The number of carbonyl (C=O) groups is 1. The van der Waals surface area contributed by atoms with Gasteiger partial charge in [-0.15, -0.1) is 0 Å². The molecular formula is C19H26BrFN2O5S. The van der Waals surface area contributed by atoms with Crippen LogP contribution in [0.25, 0.3) is 0 Å². The number of rotatable bonds is 4. The summed E-state index contributed by atoms with van der Waals surface area (Å²) in [5, 5.41) is 10.5. The summed E-state index contributed by atoms with van der Waals surface area (Å²) in [6, 6.07) is 4.22. The summed E-state index contributed by atoms with van der Waals surface area (Å²) >= 11 is 3.28. The maximum absolute atomic E-state index is 14.7. The summed E-state index contributed by atoms with van der Waals surface area (Å²) < 4.78 is 46.6. The van der Waals surface area contributed by atoms with Gasteiger partial charge in [0.15, 0.2) is 9.84 Å². The van der Waals surface area contributed by atoms with Crippen LogP contribution in [-0.4, -0.2) is 48.7 Å². The molecule has 1 amide bonds. The monoisotopic (exact) mass is 492 g/mol. The lowest BCUT2D eigenvalue weighted by Crippen LogP contribution is -2.52. The molecule has 2 rings (SSSR count).